The van der Waals surface area contributed by atoms with Crippen molar-refractivity contribution in [2.24, 2.45) is 0 Å². The zero-order chi connectivity index (χ0) is 40.8. The van der Waals surface area contributed by atoms with E-state index in [1.54, 1.807) is 0 Å². The first-order valence-corrected chi connectivity index (χ1v) is 22.1. The molecule has 0 bridgehead atoms. The molecule has 1 spiro atoms. The van der Waals surface area contributed by atoms with E-state index in [0.717, 1.165) is 28.6 Å². The molecule has 2 nitrogen and oxygen atoms in total. The minimum atomic E-state index is -0.512. The zero-order valence-electron chi connectivity index (χ0n) is 33.6. The maximum Gasteiger partial charge on any atom is 0.132 e. The van der Waals surface area contributed by atoms with E-state index in [-0.39, 0.29) is 0 Å². The Hall–Kier alpha value is -7.72. The minimum Gasteiger partial charge on any atom is -0.457 e. The van der Waals surface area contributed by atoms with Crippen LogP contribution in [0.15, 0.2) is 224 Å². The predicted molar refractivity (Wildman–Crippen MR) is 260 cm³/mol. The topological polar surface area (TPSA) is 12.5 Å². The molecule has 1 aliphatic carbocycles. The van der Waals surface area contributed by atoms with Crippen LogP contribution in [0.25, 0.3) is 64.3 Å². The molecule has 0 N–H and O–H groups in total. The van der Waals surface area contributed by atoms with E-state index in [2.05, 4.69) is 229 Å². The molecular weight excluding hydrogens is 771 g/mol. The minimum absolute atomic E-state index is 0.512. The molecule has 0 fully saturated rings. The fourth-order valence-corrected chi connectivity index (χ4v) is 11.7. The van der Waals surface area contributed by atoms with E-state index in [1.807, 2.05) is 11.3 Å². The third kappa shape index (κ3) is 5.03. The van der Waals surface area contributed by atoms with Gasteiger partial charge in [-0.15, -0.1) is 11.3 Å². The fourth-order valence-electron chi connectivity index (χ4n) is 10.5. The molecule has 10 aromatic carbocycles. The Kier molecular flexibility index (Phi) is 7.72. The third-order valence-corrected chi connectivity index (χ3v) is 14.4. The summed E-state index contributed by atoms with van der Waals surface area (Å²) >= 11 is 1.88. The van der Waals surface area contributed by atoms with Crippen LogP contribution in [-0.2, 0) is 5.41 Å². The van der Waals surface area contributed by atoms with Crippen molar-refractivity contribution in [2.45, 2.75) is 5.41 Å². The molecule has 0 saturated carbocycles. The van der Waals surface area contributed by atoms with Crippen molar-refractivity contribution >= 4 is 59.3 Å². The zero-order valence-corrected chi connectivity index (χ0v) is 34.4. The van der Waals surface area contributed by atoms with Crippen LogP contribution in [0.1, 0.15) is 22.3 Å². The summed E-state index contributed by atoms with van der Waals surface area (Å²) in [5.41, 5.74) is 15.1. The number of nitrogens with zero attached hydrogens (tertiary/aromatic N) is 1. The maximum atomic E-state index is 6.61. The average molecular weight is 808 g/mol. The first kappa shape index (κ1) is 35.1. The van der Waals surface area contributed by atoms with Crippen molar-refractivity contribution in [3.63, 3.8) is 0 Å². The largest absolute Gasteiger partial charge is 0.457 e. The van der Waals surface area contributed by atoms with E-state index < -0.39 is 5.41 Å². The second-order valence-electron chi connectivity index (χ2n) is 16.3. The summed E-state index contributed by atoms with van der Waals surface area (Å²) in [5.74, 6) is 1.81. The van der Waals surface area contributed by atoms with Crippen LogP contribution in [0.2, 0.25) is 0 Å². The lowest BCUT2D eigenvalue weighted by Crippen LogP contribution is -2.32. The lowest BCUT2D eigenvalue weighted by molar-refractivity contribution is 0.436. The molecule has 0 amide bonds. The predicted octanol–water partition coefficient (Wildman–Crippen LogP) is 16.5. The van der Waals surface area contributed by atoms with Crippen molar-refractivity contribution in [2.75, 3.05) is 4.90 Å². The van der Waals surface area contributed by atoms with Crippen molar-refractivity contribution in [3.05, 3.63) is 247 Å². The summed E-state index contributed by atoms with van der Waals surface area (Å²) in [4.78, 5) is 2.45. The molecule has 11 aromatic rings. The number of para-hydroxylation sites is 2. The van der Waals surface area contributed by atoms with Gasteiger partial charge in [0.2, 0.25) is 0 Å². The van der Waals surface area contributed by atoms with Gasteiger partial charge < -0.3 is 9.64 Å². The van der Waals surface area contributed by atoms with Crippen LogP contribution in [-0.4, -0.2) is 0 Å². The molecule has 13 rings (SSSR count). The van der Waals surface area contributed by atoms with Crippen LogP contribution >= 0.6 is 11.3 Å². The molecule has 0 unspecified atom stereocenters. The van der Waals surface area contributed by atoms with E-state index in [1.165, 1.54) is 86.6 Å². The van der Waals surface area contributed by atoms with Crippen LogP contribution < -0.4 is 9.64 Å². The Balaban J connectivity index is 1.01. The Morgan fingerprint density at radius 3 is 1.63 bits per heavy atom. The van der Waals surface area contributed by atoms with Gasteiger partial charge in [0.15, 0.2) is 0 Å². The highest BCUT2D eigenvalue weighted by Gasteiger charge is 2.51. The quantitative estimate of drug-likeness (QED) is 0.172. The molecule has 0 saturated heterocycles. The summed E-state index contributed by atoms with van der Waals surface area (Å²) in [6, 6.07) is 82.0. The Labute approximate surface area is 364 Å². The first-order valence-electron chi connectivity index (χ1n) is 21.2. The summed E-state index contributed by atoms with van der Waals surface area (Å²) < 4.78 is 9.24. The summed E-state index contributed by atoms with van der Waals surface area (Å²) in [7, 11) is 0. The number of anilines is 3. The highest BCUT2D eigenvalue weighted by Crippen LogP contribution is 2.63. The molecule has 2 aliphatic rings. The molecule has 1 aliphatic heterocycles. The number of benzene rings is 10. The van der Waals surface area contributed by atoms with Gasteiger partial charge in [0.25, 0.3) is 0 Å². The monoisotopic (exact) mass is 807 g/mol. The first-order chi connectivity index (χ1) is 30.8. The standard InChI is InChI=1S/C59H37NOS/c1-2-15-38(16-3-1)39-29-33-41(34-30-39)60(53-37-48-45-18-7-13-28-56(45)62-58(48)46-19-5-4-17-44(46)53)42-35-31-40(32-36-42)43-21-14-25-52-57(43)47-20-6-8-22-49(47)59(52)50-23-9-11-26-54(50)61-55-27-12-10-24-51(55)59/h1-37H. The van der Waals surface area contributed by atoms with Crippen LogP contribution in [0.5, 0.6) is 11.5 Å². The van der Waals surface area contributed by atoms with Crippen molar-refractivity contribution in [3.8, 4) is 44.9 Å². The van der Waals surface area contributed by atoms with Crippen LogP contribution in [0.3, 0.4) is 0 Å². The number of ether oxygens (including phenoxy) is 1. The second kappa shape index (κ2) is 13.7. The number of hydrogen-bond acceptors (Lipinski definition) is 3. The lowest BCUT2D eigenvalue weighted by Gasteiger charge is -2.39. The van der Waals surface area contributed by atoms with Gasteiger partial charge in [-0.05, 0) is 93.0 Å². The van der Waals surface area contributed by atoms with E-state index in [0.29, 0.717) is 0 Å². The Morgan fingerprint density at radius 2 is 0.903 bits per heavy atom. The Morgan fingerprint density at radius 1 is 0.371 bits per heavy atom. The Bertz CT molecular complexity index is 3500. The van der Waals surface area contributed by atoms with Gasteiger partial charge in [0.1, 0.15) is 11.5 Å². The van der Waals surface area contributed by atoms with Gasteiger partial charge in [-0.3, -0.25) is 0 Å². The second-order valence-corrected chi connectivity index (χ2v) is 17.4. The normalized spacial score (nSPS) is 13.1. The van der Waals surface area contributed by atoms with Gasteiger partial charge in [-0.25, -0.2) is 0 Å². The van der Waals surface area contributed by atoms with Gasteiger partial charge in [-0.2, -0.15) is 0 Å². The SMILES string of the molecule is c1ccc(-c2ccc(N(c3ccc(-c4cccc5c4-c4ccccc4C54c5ccccc5Oc5ccccc54)cc3)c3cc4c5ccccc5sc4c4ccccc34)cc2)cc1. The summed E-state index contributed by atoms with van der Waals surface area (Å²) in [6.45, 7) is 0. The van der Waals surface area contributed by atoms with Crippen LogP contribution in [0, 0.1) is 0 Å². The molecule has 0 atom stereocenters. The lowest BCUT2D eigenvalue weighted by atomic mass is 9.66. The number of thiophene rings is 1. The van der Waals surface area contributed by atoms with Gasteiger partial charge in [0, 0.05) is 53.4 Å². The number of hydrogen-bond donors (Lipinski definition) is 0. The van der Waals surface area contributed by atoms with Gasteiger partial charge in [-0.1, -0.05) is 176 Å². The van der Waals surface area contributed by atoms with E-state index in [9.17, 15) is 0 Å². The smallest absolute Gasteiger partial charge is 0.132 e. The molecular formula is C59H37NOS. The van der Waals surface area contributed by atoms with Crippen LogP contribution in [0.4, 0.5) is 17.1 Å². The maximum absolute atomic E-state index is 6.61. The average Bonchev–Trinajstić information content (AvgIpc) is 3.87. The number of fused-ring (bicyclic) bond motifs is 14. The molecule has 290 valence electrons. The fraction of sp³-hybridized carbons (Fsp3) is 0.0169. The van der Waals surface area contributed by atoms with E-state index >= 15 is 0 Å². The molecule has 1 aromatic heterocycles. The highest BCUT2D eigenvalue weighted by molar-refractivity contribution is 7.26. The van der Waals surface area contributed by atoms with Gasteiger partial charge >= 0.3 is 0 Å². The van der Waals surface area contributed by atoms with Gasteiger partial charge in [0.05, 0.1) is 11.1 Å². The molecule has 3 heteroatoms. The van der Waals surface area contributed by atoms with Crippen molar-refractivity contribution in [1.82, 2.24) is 0 Å². The summed E-state index contributed by atoms with van der Waals surface area (Å²) in [6.07, 6.45) is 0. The highest BCUT2D eigenvalue weighted by atomic mass is 32.1. The number of rotatable bonds is 5. The van der Waals surface area contributed by atoms with Crippen molar-refractivity contribution in [1.29, 1.82) is 0 Å². The summed E-state index contributed by atoms with van der Waals surface area (Å²) in [5, 5.41) is 5.07. The third-order valence-electron chi connectivity index (χ3n) is 13.1. The molecule has 62 heavy (non-hydrogen) atoms. The molecule has 2 heterocycles. The molecule has 0 radical (unpaired) electrons. The van der Waals surface area contributed by atoms with E-state index in [4.69, 9.17) is 4.74 Å². The van der Waals surface area contributed by atoms with Crippen molar-refractivity contribution < 1.29 is 4.74 Å².